The number of pyridine rings is 1. The van der Waals surface area contributed by atoms with E-state index in [1.165, 1.54) is 0 Å². The van der Waals surface area contributed by atoms with Crippen molar-refractivity contribution in [2.24, 2.45) is 0 Å². The van der Waals surface area contributed by atoms with Crippen molar-refractivity contribution in [3.05, 3.63) is 23.5 Å². The largest absolute Gasteiger partial charge is 0.312 e. The summed E-state index contributed by atoms with van der Waals surface area (Å²) in [6.07, 6.45) is 4.15. The normalized spacial score (nSPS) is 23.2. The molecule has 7 heteroatoms. The van der Waals surface area contributed by atoms with Crippen LogP contribution >= 0.6 is 11.3 Å². The molecular weight excluding hydrogens is 270 g/mol. The minimum Gasteiger partial charge on any atom is -0.312 e. The number of hydrogen-bond acceptors (Lipinski definition) is 6. The quantitative estimate of drug-likeness (QED) is 0.875. The summed E-state index contributed by atoms with van der Waals surface area (Å²) >= 11 is 1.61. The number of rotatable bonds is 2. The maximum absolute atomic E-state index is 11.6. The fraction of sp³-hybridized carbons (Fsp3) is 0.455. The van der Waals surface area contributed by atoms with Crippen molar-refractivity contribution >= 4 is 31.4 Å². The summed E-state index contributed by atoms with van der Waals surface area (Å²) in [4.78, 5) is 8.50. The molecule has 0 saturated carbocycles. The van der Waals surface area contributed by atoms with Crippen LogP contribution in [0.3, 0.4) is 0 Å². The molecule has 3 heterocycles. The van der Waals surface area contributed by atoms with Gasteiger partial charge in [-0.15, -0.1) is 11.3 Å². The zero-order valence-electron chi connectivity index (χ0n) is 9.67. The van der Waals surface area contributed by atoms with Crippen molar-refractivity contribution in [2.75, 3.05) is 18.1 Å². The molecule has 0 aliphatic carbocycles. The number of aromatic nitrogens is 2. The van der Waals surface area contributed by atoms with Gasteiger partial charge in [0.05, 0.1) is 32.9 Å². The van der Waals surface area contributed by atoms with E-state index >= 15 is 0 Å². The van der Waals surface area contributed by atoms with E-state index in [-0.39, 0.29) is 17.5 Å². The number of sulfone groups is 1. The molecule has 0 radical (unpaired) electrons. The monoisotopic (exact) mass is 283 g/mol. The van der Waals surface area contributed by atoms with E-state index in [9.17, 15) is 8.42 Å². The van der Waals surface area contributed by atoms with Gasteiger partial charge in [0.2, 0.25) is 0 Å². The Hall–Kier alpha value is -1.05. The molecule has 1 saturated heterocycles. The lowest BCUT2D eigenvalue weighted by molar-refractivity contribution is 0.515. The standard InChI is InChI=1S/C11H13N3O2S2/c15-18(16)4-3-13-8(7-18)5-11-14-9-6-12-2-1-10(9)17-11/h1-2,6,8,13H,3-5,7H2. The van der Waals surface area contributed by atoms with Crippen LogP contribution < -0.4 is 5.32 Å². The minimum absolute atomic E-state index is 0.0164. The Balaban J connectivity index is 1.80. The van der Waals surface area contributed by atoms with Gasteiger partial charge in [-0.3, -0.25) is 4.98 Å². The zero-order valence-corrected chi connectivity index (χ0v) is 11.3. The third kappa shape index (κ3) is 2.52. The van der Waals surface area contributed by atoms with Gasteiger partial charge < -0.3 is 5.32 Å². The maximum atomic E-state index is 11.6. The lowest BCUT2D eigenvalue weighted by atomic mass is 10.2. The Kier molecular flexibility index (Phi) is 3.04. The molecule has 0 aromatic carbocycles. The zero-order chi connectivity index (χ0) is 12.6. The van der Waals surface area contributed by atoms with E-state index in [0.717, 1.165) is 15.2 Å². The maximum Gasteiger partial charge on any atom is 0.153 e. The van der Waals surface area contributed by atoms with Crippen LogP contribution in [0, 0.1) is 0 Å². The Labute approximate surface area is 109 Å². The van der Waals surface area contributed by atoms with Gasteiger partial charge in [-0.25, -0.2) is 13.4 Å². The lowest BCUT2D eigenvalue weighted by Crippen LogP contribution is -2.46. The first-order chi connectivity index (χ1) is 8.62. The molecule has 2 aromatic heterocycles. The summed E-state index contributed by atoms with van der Waals surface area (Å²) in [6, 6.07) is 1.92. The van der Waals surface area contributed by atoms with Gasteiger partial charge in [0, 0.05) is 25.2 Å². The van der Waals surface area contributed by atoms with E-state index in [2.05, 4.69) is 15.3 Å². The molecule has 18 heavy (non-hydrogen) atoms. The Bertz CT molecular complexity index is 633. The van der Waals surface area contributed by atoms with Crippen molar-refractivity contribution in [3.8, 4) is 0 Å². The van der Waals surface area contributed by atoms with Gasteiger partial charge >= 0.3 is 0 Å². The van der Waals surface area contributed by atoms with Crippen molar-refractivity contribution in [1.82, 2.24) is 15.3 Å². The van der Waals surface area contributed by atoms with Crippen molar-refractivity contribution in [3.63, 3.8) is 0 Å². The molecule has 5 nitrogen and oxygen atoms in total. The van der Waals surface area contributed by atoms with E-state index < -0.39 is 9.84 Å². The second kappa shape index (κ2) is 4.56. The Morgan fingerprint density at radius 3 is 3.17 bits per heavy atom. The van der Waals surface area contributed by atoms with Gasteiger partial charge in [0.25, 0.3) is 0 Å². The highest BCUT2D eigenvalue weighted by atomic mass is 32.2. The summed E-state index contributed by atoms with van der Waals surface area (Å²) in [5.41, 5.74) is 0.885. The first-order valence-corrected chi connectivity index (χ1v) is 8.39. The van der Waals surface area contributed by atoms with Crippen LogP contribution in [0.1, 0.15) is 5.01 Å². The molecule has 3 rings (SSSR count). The van der Waals surface area contributed by atoms with Crippen LogP contribution in [0.4, 0.5) is 0 Å². The topological polar surface area (TPSA) is 72.0 Å². The van der Waals surface area contributed by atoms with E-state index in [0.29, 0.717) is 13.0 Å². The summed E-state index contributed by atoms with van der Waals surface area (Å²) in [7, 11) is -2.88. The minimum atomic E-state index is -2.88. The molecular formula is C11H13N3O2S2. The number of nitrogens with zero attached hydrogens (tertiary/aromatic N) is 2. The molecule has 0 amide bonds. The average molecular weight is 283 g/mol. The Morgan fingerprint density at radius 1 is 1.50 bits per heavy atom. The van der Waals surface area contributed by atoms with E-state index in [1.807, 2.05) is 6.07 Å². The molecule has 1 fully saturated rings. The molecule has 1 aliphatic rings. The van der Waals surface area contributed by atoms with Crippen LogP contribution in [0.25, 0.3) is 10.2 Å². The highest BCUT2D eigenvalue weighted by molar-refractivity contribution is 7.91. The van der Waals surface area contributed by atoms with Gasteiger partial charge in [0.15, 0.2) is 9.84 Å². The fourth-order valence-corrected chi connectivity index (χ4v) is 4.58. The third-order valence-electron chi connectivity index (χ3n) is 2.96. The van der Waals surface area contributed by atoms with Gasteiger partial charge in [-0.05, 0) is 6.07 Å². The smallest absolute Gasteiger partial charge is 0.153 e. The van der Waals surface area contributed by atoms with Crippen LogP contribution in [0.5, 0.6) is 0 Å². The van der Waals surface area contributed by atoms with Crippen molar-refractivity contribution < 1.29 is 8.42 Å². The highest BCUT2D eigenvalue weighted by Gasteiger charge is 2.25. The number of hydrogen-bond donors (Lipinski definition) is 1. The first-order valence-electron chi connectivity index (χ1n) is 5.76. The summed E-state index contributed by atoms with van der Waals surface area (Å²) < 4.78 is 24.2. The number of nitrogens with one attached hydrogen (secondary N) is 1. The summed E-state index contributed by atoms with van der Waals surface area (Å²) in [5.74, 6) is 0.453. The second-order valence-corrected chi connectivity index (χ2v) is 7.76. The van der Waals surface area contributed by atoms with E-state index in [1.54, 1.807) is 23.7 Å². The first kappa shape index (κ1) is 12.0. The second-order valence-electron chi connectivity index (χ2n) is 4.42. The van der Waals surface area contributed by atoms with Crippen LogP contribution in [0.2, 0.25) is 0 Å². The molecule has 1 atom stereocenters. The van der Waals surface area contributed by atoms with Gasteiger partial charge in [-0.1, -0.05) is 0 Å². The third-order valence-corrected chi connectivity index (χ3v) is 5.75. The van der Waals surface area contributed by atoms with Crippen molar-refractivity contribution in [1.29, 1.82) is 0 Å². The molecule has 1 N–H and O–H groups in total. The predicted octanol–water partition coefficient (Wildman–Crippen LogP) is 0.620. The summed E-state index contributed by atoms with van der Waals surface area (Å²) in [5, 5.41) is 4.20. The molecule has 1 unspecified atom stereocenters. The van der Waals surface area contributed by atoms with Crippen molar-refractivity contribution in [2.45, 2.75) is 12.5 Å². The van der Waals surface area contributed by atoms with Crippen LogP contribution in [-0.2, 0) is 16.3 Å². The average Bonchev–Trinajstić information content (AvgIpc) is 2.69. The lowest BCUT2D eigenvalue weighted by Gasteiger charge is -2.22. The summed E-state index contributed by atoms with van der Waals surface area (Å²) in [6.45, 7) is 0.541. The van der Waals surface area contributed by atoms with E-state index in [4.69, 9.17) is 0 Å². The van der Waals surface area contributed by atoms with Gasteiger partial charge in [-0.2, -0.15) is 0 Å². The molecule has 2 aromatic rings. The number of thiazole rings is 1. The molecule has 0 bridgehead atoms. The highest BCUT2D eigenvalue weighted by Crippen LogP contribution is 2.22. The molecule has 0 spiro atoms. The van der Waals surface area contributed by atoms with Crippen LogP contribution in [0.15, 0.2) is 18.5 Å². The molecule has 96 valence electrons. The predicted molar refractivity (Wildman–Crippen MR) is 71.6 cm³/mol. The van der Waals surface area contributed by atoms with Gasteiger partial charge in [0.1, 0.15) is 0 Å². The Morgan fingerprint density at radius 2 is 2.39 bits per heavy atom. The molecule has 1 aliphatic heterocycles. The van der Waals surface area contributed by atoms with Crippen LogP contribution in [-0.4, -0.2) is 42.5 Å². The number of fused-ring (bicyclic) bond motifs is 1. The fourth-order valence-electron chi connectivity index (χ4n) is 2.12. The SMILES string of the molecule is O=S1(=O)CCNC(Cc2nc3cnccc3s2)C1.